The third-order valence-electron chi connectivity index (χ3n) is 2.12. The first-order valence-electron chi connectivity index (χ1n) is 4.62. The topological polar surface area (TPSA) is 21.3 Å². The molecule has 0 aliphatic heterocycles. The lowest BCUT2D eigenvalue weighted by molar-refractivity contribution is 0.408. The second kappa shape index (κ2) is 4.87. The van der Waals surface area contributed by atoms with Crippen molar-refractivity contribution >= 4 is 0 Å². The van der Waals surface area contributed by atoms with Gasteiger partial charge in [0.1, 0.15) is 5.75 Å². The zero-order valence-electron chi connectivity index (χ0n) is 8.55. The Bertz CT molecular complexity index is 271. The number of rotatable bonds is 4. The number of hydrogen-bond acceptors (Lipinski definition) is 2. The van der Waals surface area contributed by atoms with E-state index in [0.29, 0.717) is 0 Å². The summed E-state index contributed by atoms with van der Waals surface area (Å²) in [7, 11) is 3.65. The molecule has 0 aromatic heterocycles. The van der Waals surface area contributed by atoms with Gasteiger partial charge in [-0.3, -0.25) is 0 Å². The quantitative estimate of drug-likeness (QED) is 0.763. The molecule has 13 heavy (non-hydrogen) atoms. The van der Waals surface area contributed by atoms with Crippen molar-refractivity contribution in [1.29, 1.82) is 0 Å². The minimum atomic E-state index is 0.858. The van der Waals surface area contributed by atoms with Gasteiger partial charge in [0.05, 0.1) is 7.11 Å². The molecule has 72 valence electrons. The van der Waals surface area contributed by atoms with Crippen molar-refractivity contribution in [2.24, 2.45) is 0 Å². The Hall–Kier alpha value is -1.02. The third-order valence-corrected chi connectivity index (χ3v) is 2.12. The molecule has 0 aliphatic rings. The molecule has 0 fully saturated rings. The lowest BCUT2D eigenvalue weighted by Crippen LogP contribution is -2.07. The second-order valence-electron chi connectivity index (χ2n) is 3.03. The van der Waals surface area contributed by atoms with Gasteiger partial charge in [-0.1, -0.05) is 19.1 Å². The molecule has 0 bridgehead atoms. The zero-order chi connectivity index (χ0) is 9.68. The number of methoxy groups -OCH3 is 1. The van der Waals surface area contributed by atoms with E-state index < -0.39 is 0 Å². The van der Waals surface area contributed by atoms with E-state index in [1.54, 1.807) is 7.11 Å². The summed E-state index contributed by atoms with van der Waals surface area (Å²) in [6.07, 6.45) is 1.07. The standard InChI is InChI=1S/C11H17NO/c1-4-9-5-6-11(13-3)10(7-9)8-12-2/h5-7,12H,4,8H2,1-3H3. The third kappa shape index (κ3) is 2.46. The Morgan fingerprint density at radius 1 is 1.38 bits per heavy atom. The van der Waals surface area contributed by atoms with Crippen LogP contribution in [-0.2, 0) is 13.0 Å². The van der Waals surface area contributed by atoms with Crippen molar-refractivity contribution in [2.45, 2.75) is 19.9 Å². The van der Waals surface area contributed by atoms with Crippen molar-refractivity contribution in [1.82, 2.24) is 5.32 Å². The van der Waals surface area contributed by atoms with Gasteiger partial charge in [0, 0.05) is 12.1 Å². The summed E-state index contributed by atoms with van der Waals surface area (Å²) in [5, 5.41) is 3.13. The summed E-state index contributed by atoms with van der Waals surface area (Å²) in [6.45, 7) is 3.02. The molecule has 1 N–H and O–H groups in total. The number of benzene rings is 1. The predicted octanol–water partition coefficient (Wildman–Crippen LogP) is 1.98. The van der Waals surface area contributed by atoms with Crippen LogP contribution in [0, 0.1) is 0 Å². The maximum absolute atomic E-state index is 5.26. The highest BCUT2D eigenvalue weighted by molar-refractivity contribution is 5.37. The molecule has 1 aromatic rings. The van der Waals surface area contributed by atoms with Gasteiger partial charge in [-0.05, 0) is 25.1 Å². The second-order valence-corrected chi connectivity index (χ2v) is 3.03. The molecule has 0 saturated carbocycles. The van der Waals surface area contributed by atoms with Crippen LogP contribution in [0.4, 0.5) is 0 Å². The molecule has 0 aliphatic carbocycles. The minimum absolute atomic E-state index is 0.858. The molecule has 0 radical (unpaired) electrons. The molecule has 0 heterocycles. The molecule has 0 spiro atoms. The molecule has 0 saturated heterocycles. The predicted molar refractivity (Wildman–Crippen MR) is 55.1 cm³/mol. The van der Waals surface area contributed by atoms with Gasteiger partial charge < -0.3 is 10.1 Å². The Balaban J connectivity index is 2.95. The molecular formula is C11H17NO. The van der Waals surface area contributed by atoms with Gasteiger partial charge in [0.2, 0.25) is 0 Å². The molecule has 1 rings (SSSR count). The fourth-order valence-corrected chi connectivity index (χ4v) is 1.38. The van der Waals surface area contributed by atoms with E-state index >= 15 is 0 Å². The Morgan fingerprint density at radius 2 is 2.15 bits per heavy atom. The molecule has 0 unspecified atom stereocenters. The molecule has 2 nitrogen and oxygen atoms in total. The maximum atomic E-state index is 5.26. The van der Waals surface area contributed by atoms with Crippen LogP contribution in [0.2, 0.25) is 0 Å². The van der Waals surface area contributed by atoms with E-state index in [-0.39, 0.29) is 0 Å². The average Bonchev–Trinajstić information content (AvgIpc) is 2.18. The number of hydrogen-bond donors (Lipinski definition) is 1. The smallest absolute Gasteiger partial charge is 0.123 e. The largest absolute Gasteiger partial charge is 0.496 e. The van der Waals surface area contributed by atoms with Crippen molar-refractivity contribution in [3.63, 3.8) is 0 Å². The van der Waals surface area contributed by atoms with Gasteiger partial charge >= 0.3 is 0 Å². The monoisotopic (exact) mass is 179 g/mol. The van der Waals surface area contributed by atoms with Gasteiger partial charge in [0.25, 0.3) is 0 Å². The highest BCUT2D eigenvalue weighted by atomic mass is 16.5. The average molecular weight is 179 g/mol. The highest BCUT2D eigenvalue weighted by Gasteiger charge is 2.01. The van der Waals surface area contributed by atoms with E-state index in [0.717, 1.165) is 18.7 Å². The molecule has 0 amide bonds. The Labute approximate surface area is 79.9 Å². The number of aryl methyl sites for hydroxylation is 1. The summed E-state index contributed by atoms with van der Waals surface area (Å²) in [6, 6.07) is 6.33. The fraction of sp³-hybridized carbons (Fsp3) is 0.455. The van der Waals surface area contributed by atoms with Crippen molar-refractivity contribution in [3.05, 3.63) is 29.3 Å². The van der Waals surface area contributed by atoms with Crippen LogP contribution in [-0.4, -0.2) is 14.2 Å². The zero-order valence-corrected chi connectivity index (χ0v) is 8.55. The van der Waals surface area contributed by atoms with Crippen LogP contribution >= 0.6 is 0 Å². The van der Waals surface area contributed by atoms with E-state index in [1.807, 2.05) is 13.1 Å². The van der Waals surface area contributed by atoms with E-state index in [4.69, 9.17) is 4.74 Å². The van der Waals surface area contributed by atoms with Crippen molar-refractivity contribution in [3.8, 4) is 5.75 Å². The first-order valence-corrected chi connectivity index (χ1v) is 4.62. The van der Waals surface area contributed by atoms with Gasteiger partial charge in [0.15, 0.2) is 0 Å². The van der Waals surface area contributed by atoms with Crippen molar-refractivity contribution in [2.75, 3.05) is 14.2 Å². The molecule has 2 heteroatoms. The van der Waals surface area contributed by atoms with Crippen LogP contribution < -0.4 is 10.1 Å². The van der Waals surface area contributed by atoms with Crippen LogP contribution in [0.3, 0.4) is 0 Å². The van der Waals surface area contributed by atoms with Crippen molar-refractivity contribution < 1.29 is 4.74 Å². The molecule has 1 aromatic carbocycles. The van der Waals surface area contributed by atoms with E-state index in [9.17, 15) is 0 Å². The van der Waals surface area contributed by atoms with Crippen LogP contribution in [0.25, 0.3) is 0 Å². The minimum Gasteiger partial charge on any atom is -0.496 e. The SMILES string of the molecule is CCc1ccc(OC)c(CNC)c1. The summed E-state index contributed by atoms with van der Waals surface area (Å²) >= 11 is 0. The number of ether oxygens (including phenoxy) is 1. The summed E-state index contributed by atoms with van der Waals surface area (Å²) in [4.78, 5) is 0. The highest BCUT2D eigenvalue weighted by Crippen LogP contribution is 2.19. The van der Waals surface area contributed by atoms with Gasteiger partial charge in [-0.2, -0.15) is 0 Å². The van der Waals surface area contributed by atoms with Crippen LogP contribution in [0.5, 0.6) is 5.75 Å². The van der Waals surface area contributed by atoms with Gasteiger partial charge in [-0.25, -0.2) is 0 Å². The fourth-order valence-electron chi connectivity index (χ4n) is 1.38. The molecule has 0 atom stereocenters. The first kappa shape index (κ1) is 10.1. The lowest BCUT2D eigenvalue weighted by Gasteiger charge is -2.09. The number of nitrogens with one attached hydrogen (secondary N) is 1. The Morgan fingerprint density at radius 3 is 2.69 bits per heavy atom. The lowest BCUT2D eigenvalue weighted by atomic mass is 10.1. The van der Waals surface area contributed by atoms with Crippen LogP contribution in [0.1, 0.15) is 18.1 Å². The summed E-state index contributed by atoms with van der Waals surface area (Å²) in [5.74, 6) is 0.964. The Kier molecular flexibility index (Phi) is 3.77. The summed E-state index contributed by atoms with van der Waals surface area (Å²) < 4.78 is 5.26. The maximum Gasteiger partial charge on any atom is 0.123 e. The normalized spacial score (nSPS) is 10.1. The summed E-state index contributed by atoms with van der Waals surface area (Å²) in [5.41, 5.74) is 2.58. The van der Waals surface area contributed by atoms with E-state index in [1.165, 1.54) is 11.1 Å². The van der Waals surface area contributed by atoms with Crippen LogP contribution in [0.15, 0.2) is 18.2 Å². The molecular weight excluding hydrogens is 162 g/mol. The van der Waals surface area contributed by atoms with E-state index in [2.05, 4.69) is 24.4 Å². The van der Waals surface area contributed by atoms with Gasteiger partial charge in [-0.15, -0.1) is 0 Å². The first-order chi connectivity index (χ1) is 6.31.